The fourth-order valence-corrected chi connectivity index (χ4v) is 2.75. The van der Waals surface area contributed by atoms with Gasteiger partial charge in [0.05, 0.1) is 12.2 Å². The summed E-state index contributed by atoms with van der Waals surface area (Å²) in [5.74, 6) is -0.466. The van der Waals surface area contributed by atoms with Gasteiger partial charge >= 0.3 is 0 Å². The van der Waals surface area contributed by atoms with E-state index in [0.29, 0.717) is 17.7 Å². The number of aryl methyl sites for hydroxylation is 1. The number of Topliss-reactive ketones (excluding diaryl/α,β-unsaturated/α-hetero) is 1. The average molecular weight is 329 g/mol. The summed E-state index contributed by atoms with van der Waals surface area (Å²) in [7, 11) is 0. The first-order valence-corrected chi connectivity index (χ1v) is 7.49. The molecule has 24 heavy (non-hydrogen) atoms. The lowest BCUT2D eigenvalue weighted by atomic mass is 9.99. The van der Waals surface area contributed by atoms with Crippen molar-refractivity contribution in [3.8, 4) is 0 Å². The number of nitrogens with one attached hydrogen (secondary N) is 1. The van der Waals surface area contributed by atoms with Gasteiger partial charge in [0.2, 0.25) is 11.7 Å². The summed E-state index contributed by atoms with van der Waals surface area (Å²) in [6.45, 7) is 1.30. The van der Waals surface area contributed by atoms with Gasteiger partial charge in [0, 0.05) is 24.1 Å². The quantitative estimate of drug-likeness (QED) is 0.822. The Morgan fingerprint density at radius 1 is 1.33 bits per heavy atom. The number of hydrogen-bond donors (Lipinski definition) is 2. The van der Waals surface area contributed by atoms with Crippen LogP contribution in [-0.4, -0.2) is 29.9 Å². The summed E-state index contributed by atoms with van der Waals surface area (Å²) < 4.78 is 18.6. The first kappa shape index (κ1) is 16.1. The average Bonchev–Trinajstić information content (AvgIpc) is 3.11. The van der Waals surface area contributed by atoms with Crippen LogP contribution in [0.15, 0.2) is 45.9 Å². The minimum atomic E-state index is -0.500. The molecule has 1 aromatic carbocycles. The zero-order valence-electron chi connectivity index (χ0n) is 13.1. The van der Waals surface area contributed by atoms with E-state index in [1.807, 2.05) is 0 Å². The molecule has 0 atom stereocenters. The number of carbonyl (C=O) groups is 2. The molecule has 0 spiro atoms. The molecule has 0 saturated carbocycles. The van der Waals surface area contributed by atoms with Crippen LogP contribution in [0.2, 0.25) is 0 Å². The van der Waals surface area contributed by atoms with Crippen LogP contribution in [0, 0.1) is 12.7 Å². The van der Waals surface area contributed by atoms with Crippen molar-refractivity contribution in [2.75, 3.05) is 13.2 Å². The SMILES string of the molecule is Cc1cc(Cc2ccc(F)cc2)c(C(=O)C2=C(CO)C(=O)NC2)o1. The van der Waals surface area contributed by atoms with Gasteiger partial charge in [0.25, 0.3) is 0 Å². The second-order valence-electron chi connectivity index (χ2n) is 5.64. The smallest absolute Gasteiger partial charge is 0.250 e. The van der Waals surface area contributed by atoms with Crippen molar-refractivity contribution >= 4 is 11.7 Å². The number of rotatable bonds is 5. The van der Waals surface area contributed by atoms with Gasteiger partial charge in [-0.15, -0.1) is 0 Å². The lowest BCUT2D eigenvalue weighted by Gasteiger charge is -2.04. The highest BCUT2D eigenvalue weighted by Gasteiger charge is 2.30. The van der Waals surface area contributed by atoms with Gasteiger partial charge in [0.1, 0.15) is 11.6 Å². The lowest BCUT2D eigenvalue weighted by Crippen LogP contribution is -2.18. The van der Waals surface area contributed by atoms with E-state index in [4.69, 9.17) is 4.42 Å². The molecule has 1 aliphatic rings. The Kier molecular flexibility index (Phi) is 4.31. The van der Waals surface area contributed by atoms with Crippen molar-refractivity contribution in [2.45, 2.75) is 13.3 Å². The fourth-order valence-electron chi connectivity index (χ4n) is 2.75. The molecule has 2 aromatic rings. The van der Waals surface area contributed by atoms with Gasteiger partial charge in [-0.3, -0.25) is 9.59 Å². The zero-order chi connectivity index (χ0) is 17.3. The van der Waals surface area contributed by atoms with E-state index in [9.17, 15) is 19.1 Å². The summed E-state index contributed by atoms with van der Waals surface area (Å²) in [6, 6.07) is 7.75. The van der Waals surface area contributed by atoms with Crippen molar-refractivity contribution in [1.82, 2.24) is 5.32 Å². The molecule has 0 radical (unpaired) electrons. The molecule has 1 aromatic heterocycles. The predicted molar refractivity (Wildman–Crippen MR) is 84.1 cm³/mol. The van der Waals surface area contributed by atoms with E-state index in [1.54, 1.807) is 25.1 Å². The van der Waals surface area contributed by atoms with Gasteiger partial charge in [0.15, 0.2) is 5.76 Å². The second kappa shape index (κ2) is 6.41. The van der Waals surface area contributed by atoms with Crippen LogP contribution >= 0.6 is 0 Å². The van der Waals surface area contributed by atoms with Gasteiger partial charge in [-0.05, 0) is 30.7 Å². The Balaban J connectivity index is 1.94. The first-order chi connectivity index (χ1) is 11.5. The van der Waals surface area contributed by atoms with Gasteiger partial charge in [-0.25, -0.2) is 4.39 Å². The second-order valence-corrected chi connectivity index (χ2v) is 5.64. The molecule has 3 rings (SSSR count). The molecule has 2 N–H and O–H groups in total. The molecule has 6 heteroatoms. The normalized spacial score (nSPS) is 14.2. The van der Waals surface area contributed by atoms with Crippen LogP contribution < -0.4 is 5.32 Å². The van der Waals surface area contributed by atoms with Crippen LogP contribution in [0.1, 0.15) is 27.4 Å². The molecule has 1 amide bonds. The third-order valence-electron chi connectivity index (χ3n) is 3.94. The number of aliphatic hydroxyl groups is 1. The molecule has 124 valence electrons. The molecule has 2 heterocycles. The van der Waals surface area contributed by atoms with Gasteiger partial charge in [-0.1, -0.05) is 12.1 Å². The maximum atomic E-state index is 13.0. The van der Waals surface area contributed by atoms with E-state index >= 15 is 0 Å². The highest BCUT2D eigenvalue weighted by atomic mass is 19.1. The number of aliphatic hydroxyl groups excluding tert-OH is 1. The molecule has 0 bridgehead atoms. The summed E-state index contributed by atoms with van der Waals surface area (Å²) in [5.41, 5.74) is 1.79. The van der Waals surface area contributed by atoms with Gasteiger partial charge in [-0.2, -0.15) is 0 Å². The number of amides is 1. The molecule has 5 nitrogen and oxygen atoms in total. The molecule has 0 aliphatic carbocycles. The summed E-state index contributed by atoms with van der Waals surface area (Å²) >= 11 is 0. The zero-order valence-corrected chi connectivity index (χ0v) is 13.1. The molecular formula is C18H16FNO4. The molecule has 0 unspecified atom stereocenters. The monoisotopic (exact) mass is 329 g/mol. The van der Waals surface area contributed by atoms with E-state index < -0.39 is 18.3 Å². The van der Waals surface area contributed by atoms with Gasteiger partial charge < -0.3 is 14.8 Å². The summed E-state index contributed by atoms with van der Waals surface area (Å²) in [4.78, 5) is 24.3. The van der Waals surface area contributed by atoms with E-state index in [-0.39, 0.29) is 29.3 Å². The third kappa shape index (κ3) is 3.00. The number of ketones is 1. The highest BCUT2D eigenvalue weighted by Crippen LogP contribution is 2.24. The van der Waals surface area contributed by atoms with Crippen LogP contribution in [0.3, 0.4) is 0 Å². The largest absolute Gasteiger partial charge is 0.458 e. The maximum absolute atomic E-state index is 13.0. The Morgan fingerprint density at radius 2 is 2.04 bits per heavy atom. The van der Waals surface area contributed by atoms with E-state index in [1.165, 1.54) is 12.1 Å². The van der Waals surface area contributed by atoms with Crippen LogP contribution in [-0.2, 0) is 11.2 Å². The Hall–Kier alpha value is -2.73. The van der Waals surface area contributed by atoms with E-state index in [0.717, 1.165) is 5.56 Å². The Bertz CT molecular complexity index is 833. The lowest BCUT2D eigenvalue weighted by molar-refractivity contribution is -0.117. The number of hydrogen-bond acceptors (Lipinski definition) is 4. The molecule has 1 aliphatic heterocycles. The standard InChI is InChI=1S/C18H16FNO4/c1-10-6-12(7-11-2-4-13(19)5-3-11)17(24-10)16(22)14-8-20-18(23)15(14)9-21/h2-6,21H,7-9H2,1H3,(H,20,23). The van der Waals surface area contributed by atoms with Crippen molar-refractivity contribution in [1.29, 1.82) is 0 Å². The topological polar surface area (TPSA) is 79.5 Å². The fraction of sp³-hybridized carbons (Fsp3) is 0.222. The minimum Gasteiger partial charge on any atom is -0.458 e. The van der Waals surface area contributed by atoms with Crippen LogP contribution in [0.4, 0.5) is 4.39 Å². The predicted octanol–water partition coefficient (Wildman–Crippen LogP) is 1.92. The summed E-state index contributed by atoms with van der Waals surface area (Å²) in [6.07, 6.45) is 0.405. The maximum Gasteiger partial charge on any atom is 0.250 e. The number of halogens is 1. The van der Waals surface area contributed by atoms with E-state index in [2.05, 4.69) is 5.32 Å². The van der Waals surface area contributed by atoms with Crippen LogP contribution in [0.25, 0.3) is 0 Å². The van der Waals surface area contributed by atoms with Crippen molar-refractivity contribution in [2.24, 2.45) is 0 Å². The summed E-state index contributed by atoms with van der Waals surface area (Å²) in [5, 5.41) is 11.8. The number of benzene rings is 1. The molecule has 0 saturated heterocycles. The number of carbonyl (C=O) groups excluding carboxylic acids is 2. The van der Waals surface area contributed by atoms with Crippen molar-refractivity contribution in [3.05, 3.63) is 69.9 Å². The minimum absolute atomic E-state index is 0.0711. The Morgan fingerprint density at radius 3 is 2.71 bits per heavy atom. The molecular weight excluding hydrogens is 313 g/mol. The first-order valence-electron chi connectivity index (χ1n) is 7.49. The highest BCUT2D eigenvalue weighted by molar-refractivity contribution is 6.15. The van der Waals surface area contributed by atoms with Crippen molar-refractivity contribution < 1.29 is 23.5 Å². The Labute approximate surface area is 137 Å². The van der Waals surface area contributed by atoms with Crippen LogP contribution in [0.5, 0.6) is 0 Å². The molecule has 0 fully saturated rings. The van der Waals surface area contributed by atoms with Crippen molar-refractivity contribution in [3.63, 3.8) is 0 Å². The number of furan rings is 1. The third-order valence-corrected chi connectivity index (χ3v) is 3.94.